The van der Waals surface area contributed by atoms with Crippen molar-refractivity contribution < 1.29 is 4.39 Å². The average Bonchev–Trinajstić information content (AvgIpc) is 0.811. The molecule has 0 radical (unpaired) electrons. The summed E-state index contributed by atoms with van der Waals surface area (Å²) in [5, 5.41) is 0. The summed E-state index contributed by atoms with van der Waals surface area (Å²) in [5.74, 6) is 0. The van der Waals surface area contributed by atoms with Crippen LogP contribution in [0.2, 0.25) is 0 Å². The van der Waals surface area contributed by atoms with Gasteiger partial charge in [-0.2, -0.15) is 4.39 Å². The molecule has 0 aliphatic rings. The van der Waals surface area contributed by atoms with E-state index in [1.54, 1.807) is 0 Å². The zero-order valence-corrected chi connectivity index (χ0v) is 3.55. The molecule has 0 aliphatic carbocycles. The van der Waals surface area contributed by atoms with E-state index in [4.69, 9.17) is 0 Å². The lowest BCUT2D eigenvalue weighted by Gasteiger charge is -1.56. The van der Waals surface area contributed by atoms with E-state index in [2.05, 4.69) is 22.5 Å². The van der Waals surface area contributed by atoms with Gasteiger partial charge < -0.3 is 0 Å². The van der Waals surface area contributed by atoms with Crippen molar-refractivity contribution in [1.82, 2.24) is 0 Å². The van der Waals surface area contributed by atoms with E-state index in [0.29, 0.717) is 0 Å². The van der Waals surface area contributed by atoms with Crippen molar-refractivity contribution in [2.45, 2.75) is 0 Å². The molecule has 0 aromatic carbocycles. The third kappa shape index (κ3) is 126. The maximum Gasteiger partial charge on any atom is 0.158 e. The standard InChI is InChI=1S/C2H2BrF/c1-2(3)4/h1H2. The molecule has 0 saturated heterocycles. The average molecular weight is 125 g/mol. The van der Waals surface area contributed by atoms with E-state index in [9.17, 15) is 4.39 Å². The van der Waals surface area contributed by atoms with Crippen molar-refractivity contribution in [3.8, 4) is 0 Å². The summed E-state index contributed by atoms with van der Waals surface area (Å²) < 4.78 is 10.2. The Bertz CT molecular complexity index is 29.0. The molecule has 0 spiro atoms. The first-order valence-corrected chi connectivity index (χ1v) is 1.52. The Morgan fingerprint density at radius 3 is 2.00 bits per heavy atom. The Morgan fingerprint density at radius 2 is 2.00 bits per heavy atom. The fraction of sp³-hybridized carbons (Fsp3) is 0. The molecule has 0 N–H and O–H groups in total. The Hall–Kier alpha value is 0.150. The molecule has 0 atom stereocenters. The van der Waals surface area contributed by atoms with Crippen LogP contribution < -0.4 is 0 Å². The van der Waals surface area contributed by atoms with Gasteiger partial charge in [-0.05, 0) is 15.9 Å². The fourth-order valence-electron chi connectivity index (χ4n) is 0. The Balaban J connectivity index is 2.80. The predicted octanol–water partition coefficient (Wildman–Crippen LogP) is 1.82. The highest BCUT2D eigenvalue weighted by Gasteiger charge is 1.62. The molecule has 0 aliphatic heterocycles. The molecule has 0 aromatic heterocycles. The highest BCUT2D eigenvalue weighted by atomic mass is 79.9. The van der Waals surface area contributed by atoms with Gasteiger partial charge in [0.25, 0.3) is 0 Å². The van der Waals surface area contributed by atoms with Gasteiger partial charge in [0.15, 0.2) is 4.74 Å². The number of hydrogen-bond donors (Lipinski definition) is 0. The molecule has 2 heteroatoms. The molecule has 0 aromatic rings. The van der Waals surface area contributed by atoms with Crippen molar-refractivity contribution in [3.05, 3.63) is 11.3 Å². The van der Waals surface area contributed by atoms with Crippen LogP contribution in [0, 0.1) is 0 Å². The molecule has 0 unspecified atom stereocenters. The largest absolute Gasteiger partial charge is 0.200 e. The molecule has 0 nitrogen and oxygen atoms in total. The second-order valence-electron chi connectivity index (χ2n) is 0.339. The van der Waals surface area contributed by atoms with Gasteiger partial charge >= 0.3 is 0 Å². The highest BCUT2D eigenvalue weighted by Crippen LogP contribution is 1.97. The minimum atomic E-state index is -0.521. The Labute approximate surface area is 32.4 Å². The molecule has 0 rings (SSSR count). The summed E-state index contributed by atoms with van der Waals surface area (Å²) in [4.78, 5) is 0. The van der Waals surface area contributed by atoms with Crippen LogP contribution in [0.5, 0.6) is 0 Å². The van der Waals surface area contributed by atoms with Crippen LogP contribution in [0.1, 0.15) is 0 Å². The molecule has 0 amide bonds. The van der Waals surface area contributed by atoms with Crippen molar-refractivity contribution in [2.75, 3.05) is 0 Å². The minimum absolute atomic E-state index is 0.521. The molecule has 0 bridgehead atoms. The quantitative estimate of drug-likeness (QED) is 0.463. The van der Waals surface area contributed by atoms with Crippen LogP contribution in [-0.4, -0.2) is 0 Å². The lowest BCUT2D eigenvalue weighted by Crippen LogP contribution is -1.26. The van der Waals surface area contributed by atoms with Gasteiger partial charge in [0.05, 0.1) is 0 Å². The summed E-state index contributed by atoms with van der Waals surface area (Å²) in [6.45, 7) is 2.81. The number of hydrogen-bond acceptors (Lipinski definition) is 0. The van der Waals surface area contributed by atoms with Gasteiger partial charge in [0, 0.05) is 0 Å². The molecular formula is C2H2BrF. The summed E-state index contributed by atoms with van der Waals surface area (Å²) in [6.07, 6.45) is 0. The number of halogens is 2. The zero-order chi connectivity index (χ0) is 3.58. The van der Waals surface area contributed by atoms with Gasteiger partial charge in [-0.3, -0.25) is 0 Å². The third-order valence-corrected chi connectivity index (χ3v) is 0. The van der Waals surface area contributed by atoms with E-state index in [0.717, 1.165) is 0 Å². The van der Waals surface area contributed by atoms with E-state index >= 15 is 0 Å². The molecular weight excluding hydrogens is 123 g/mol. The van der Waals surface area contributed by atoms with Gasteiger partial charge in [-0.15, -0.1) is 0 Å². The second-order valence-corrected chi connectivity index (χ2v) is 1.20. The van der Waals surface area contributed by atoms with Crippen LogP contribution in [-0.2, 0) is 0 Å². The first-order chi connectivity index (χ1) is 1.73. The normalized spacial score (nSPS) is 6.50. The van der Waals surface area contributed by atoms with Crippen molar-refractivity contribution >= 4 is 15.9 Å². The Morgan fingerprint density at radius 1 is 2.00 bits per heavy atom. The third-order valence-electron chi connectivity index (χ3n) is 0. The highest BCUT2D eigenvalue weighted by molar-refractivity contribution is 9.11. The summed E-state index contributed by atoms with van der Waals surface area (Å²) >= 11 is 2.41. The maximum atomic E-state index is 10.7. The lowest BCUT2D eigenvalue weighted by atomic mass is 11.2. The topological polar surface area (TPSA) is 0 Å². The fourth-order valence-corrected chi connectivity index (χ4v) is 0. The van der Waals surface area contributed by atoms with Gasteiger partial charge in [-0.25, -0.2) is 0 Å². The van der Waals surface area contributed by atoms with Crippen LogP contribution in [0.4, 0.5) is 4.39 Å². The first-order valence-electron chi connectivity index (χ1n) is 0.732. The molecule has 24 valence electrons. The summed E-state index contributed by atoms with van der Waals surface area (Å²) in [7, 11) is 0. The summed E-state index contributed by atoms with van der Waals surface area (Å²) in [5.41, 5.74) is 0. The molecule has 0 saturated carbocycles. The monoisotopic (exact) mass is 124 g/mol. The van der Waals surface area contributed by atoms with Crippen LogP contribution in [0.25, 0.3) is 0 Å². The number of rotatable bonds is 0. The first kappa shape index (κ1) is 4.15. The van der Waals surface area contributed by atoms with Gasteiger partial charge in [0.2, 0.25) is 0 Å². The van der Waals surface area contributed by atoms with Crippen LogP contribution in [0.15, 0.2) is 11.3 Å². The van der Waals surface area contributed by atoms with E-state index in [1.165, 1.54) is 0 Å². The van der Waals surface area contributed by atoms with Crippen molar-refractivity contribution in [2.24, 2.45) is 0 Å². The smallest absolute Gasteiger partial charge is 0.158 e. The van der Waals surface area contributed by atoms with Gasteiger partial charge in [0.1, 0.15) is 0 Å². The molecule has 0 heterocycles. The Kier molecular flexibility index (Phi) is 1.52. The predicted molar refractivity (Wildman–Crippen MR) is 19.2 cm³/mol. The SMILES string of the molecule is C=C(F)Br. The zero-order valence-electron chi connectivity index (χ0n) is 1.96. The van der Waals surface area contributed by atoms with Crippen molar-refractivity contribution in [3.63, 3.8) is 0 Å². The van der Waals surface area contributed by atoms with E-state index in [-0.39, 0.29) is 0 Å². The van der Waals surface area contributed by atoms with E-state index < -0.39 is 4.74 Å². The maximum absolute atomic E-state index is 10.7. The molecule has 0 fully saturated rings. The lowest BCUT2D eigenvalue weighted by molar-refractivity contribution is 0.709. The van der Waals surface area contributed by atoms with Gasteiger partial charge in [-0.1, -0.05) is 6.58 Å². The van der Waals surface area contributed by atoms with Crippen molar-refractivity contribution in [1.29, 1.82) is 0 Å². The second kappa shape index (κ2) is 1.47. The minimum Gasteiger partial charge on any atom is -0.200 e. The van der Waals surface area contributed by atoms with E-state index in [1.807, 2.05) is 0 Å². The molecule has 4 heavy (non-hydrogen) atoms. The van der Waals surface area contributed by atoms with Crippen LogP contribution >= 0.6 is 15.9 Å². The van der Waals surface area contributed by atoms with Crippen LogP contribution in [0.3, 0.4) is 0 Å². The summed E-state index contributed by atoms with van der Waals surface area (Å²) in [6, 6.07) is 0.